The van der Waals surface area contributed by atoms with Crippen molar-refractivity contribution in [2.24, 2.45) is 11.8 Å². The second-order valence-corrected chi connectivity index (χ2v) is 7.82. The van der Waals surface area contributed by atoms with Gasteiger partial charge in [0.1, 0.15) is 6.10 Å². The number of carbonyl (C=O) groups excluding carboxylic acids is 2. The Bertz CT molecular complexity index is 550. The first-order valence-electron chi connectivity index (χ1n) is 9.37. The molecule has 0 spiro atoms. The van der Waals surface area contributed by atoms with Gasteiger partial charge in [-0.3, -0.25) is 4.79 Å². The van der Waals surface area contributed by atoms with Crippen molar-refractivity contribution in [2.75, 3.05) is 7.11 Å². The van der Waals surface area contributed by atoms with Crippen molar-refractivity contribution in [2.45, 2.75) is 83.7 Å². The lowest BCUT2D eigenvalue weighted by atomic mass is 9.85. The van der Waals surface area contributed by atoms with E-state index in [2.05, 4.69) is 0 Å². The van der Waals surface area contributed by atoms with Crippen molar-refractivity contribution < 1.29 is 28.5 Å². The smallest absolute Gasteiger partial charge is 0.458 e. The Labute approximate surface area is 155 Å². The first-order chi connectivity index (χ1) is 12.2. The summed E-state index contributed by atoms with van der Waals surface area (Å²) in [6.07, 6.45) is 0.859. The Hall–Kier alpha value is -1.63. The first-order valence-corrected chi connectivity index (χ1v) is 9.37. The fourth-order valence-corrected chi connectivity index (χ4v) is 3.55. The Morgan fingerprint density at radius 2 is 1.73 bits per heavy atom. The SMILES string of the molecule is CO[C@@]1(C)CCCC(C)C(=O)O[C@H](C)C2OC(=O)OC2C(C)C(=N)CC1. The molecule has 7 nitrogen and oxygen atoms in total. The molecule has 0 aromatic carbocycles. The van der Waals surface area contributed by atoms with Crippen LogP contribution in [0.5, 0.6) is 0 Å². The maximum Gasteiger partial charge on any atom is 0.509 e. The Balaban J connectivity index is 2.23. The number of fused-ring (bicyclic) bond motifs is 1. The van der Waals surface area contributed by atoms with E-state index in [4.69, 9.17) is 24.4 Å². The fourth-order valence-electron chi connectivity index (χ4n) is 3.55. The van der Waals surface area contributed by atoms with Crippen molar-refractivity contribution in [3.63, 3.8) is 0 Å². The van der Waals surface area contributed by atoms with Crippen LogP contribution in [0.4, 0.5) is 4.79 Å². The summed E-state index contributed by atoms with van der Waals surface area (Å²) in [6, 6.07) is 0. The minimum Gasteiger partial charge on any atom is -0.458 e. The molecule has 2 fully saturated rings. The van der Waals surface area contributed by atoms with Crippen molar-refractivity contribution in [1.29, 1.82) is 5.41 Å². The largest absolute Gasteiger partial charge is 0.509 e. The number of hydrogen-bond donors (Lipinski definition) is 1. The molecule has 2 saturated heterocycles. The van der Waals surface area contributed by atoms with Crippen LogP contribution in [0.1, 0.15) is 59.8 Å². The van der Waals surface area contributed by atoms with Crippen LogP contribution in [0.3, 0.4) is 0 Å². The topological polar surface area (TPSA) is 94.9 Å². The van der Waals surface area contributed by atoms with Gasteiger partial charge in [0.25, 0.3) is 0 Å². The summed E-state index contributed by atoms with van der Waals surface area (Å²) in [5.74, 6) is -0.874. The summed E-state index contributed by atoms with van der Waals surface area (Å²) in [4.78, 5) is 24.0. The molecule has 2 aliphatic rings. The third kappa shape index (κ3) is 4.75. The fraction of sp³-hybridized carbons (Fsp3) is 0.842. The Morgan fingerprint density at radius 1 is 1.08 bits per heavy atom. The first kappa shape index (κ1) is 20.7. The van der Waals surface area contributed by atoms with E-state index in [9.17, 15) is 9.59 Å². The number of nitrogens with one attached hydrogen (secondary N) is 1. The number of carbonyl (C=O) groups is 2. The Kier molecular flexibility index (Phi) is 6.66. The highest BCUT2D eigenvalue weighted by Crippen LogP contribution is 2.31. The average molecular weight is 369 g/mol. The van der Waals surface area contributed by atoms with E-state index >= 15 is 0 Å². The number of esters is 1. The van der Waals surface area contributed by atoms with Gasteiger partial charge in [0.05, 0.1) is 11.5 Å². The highest BCUT2D eigenvalue weighted by atomic mass is 16.8. The average Bonchev–Trinajstić information content (AvgIpc) is 3.00. The minimum atomic E-state index is -0.776. The van der Waals surface area contributed by atoms with Crippen molar-refractivity contribution in [3.05, 3.63) is 0 Å². The Morgan fingerprint density at radius 3 is 2.38 bits per heavy atom. The van der Waals surface area contributed by atoms with Gasteiger partial charge < -0.3 is 24.4 Å². The van der Waals surface area contributed by atoms with E-state index in [-0.39, 0.29) is 23.4 Å². The number of ether oxygens (including phenoxy) is 4. The zero-order chi connectivity index (χ0) is 19.5. The van der Waals surface area contributed by atoms with Crippen molar-refractivity contribution in [1.82, 2.24) is 0 Å². The molecule has 0 aromatic rings. The molecule has 4 unspecified atom stereocenters. The highest BCUT2D eigenvalue weighted by molar-refractivity contribution is 5.84. The minimum absolute atomic E-state index is 0.242. The normalized spacial score (nSPS) is 40.0. The molecule has 0 saturated carbocycles. The summed E-state index contributed by atoms with van der Waals surface area (Å²) in [6.45, 7) is 7.42. The van der Waals surface area contributed by atoms with Crippen LogP contribution in [0.25, 0.3) is 0 Å². The van der Waals surface area contributed by atoms with E-state index in [1.165, 1.54) is 0 Å². The quantitative estimate of drug-likeness (QED) is 0.711. The standard InChI is InChI=1S/C19H31NO6/c1-11-7-6-9-19(4,23-5)10-8-14(20)12(2)15-16(26-18(22)25-15)13(3)24-17(11)21/h11-13,15-16,20H,6-10H2,1-5H3/t11?,12?,13-,15?,16?,19+/m1/s1. The predicted molar refractivity (Wildman–Crippen MR) is 95.2 cm³/mol. The van der Waals surface area contributed by atoms with Gasteiger partial charge >= 0.3 is 12.1 Å². The molecule has 0 aromatic heterocycles. The molecule has 0 aliphatic carbocycles. The van der Waals surface area contributed by atoms with Crippen LogP contribution >= 0.6 is 0 Å². The van der Waals surface area contributed by atoms with Gasteiger partial charge in [-0.25, -0.2) is 4.79 Å². The molecule has 148 valence electrons. The molecular formula is C19H31NO6. The molecule has 2 aliphatic heterocycles. The molecule has 0 amide bonds. The van der Waals surface area contributed by atoms with Crippen LogP contribution in [0.2, 0.25) is 0 Å². The lowest BCUT2D eigenvalue weighted by molar-refractivity contribution is -0.158. The maximum atomic E-state index is 12.4. The van der Waals surface area contributed by atoms with E-state index in [0.29, 0.717) is 25.0 Å². The van der Waals surface area contributed by atoms with Gasteiger partial charge in [0.15, 0.2) is 12.2 Å². The van der Waals surface area contributed by atoms with Crippen LogP contribution in [0, 0.1) is 17.2 Å². The molecule has 6 atom stereocenters. The van der Waals surface area contributed by atoms with Gasteiger partial charge in [-0.05, 0) is 46.0 Å². The van der Waals surface area contributed by atoms with Gasteiger partial charge in [-0.2, -0.15) is 0 Å². The molecule has 26 heavy (non-hydrogen) atoms. The second kappa shape index (κ2) is 8.37. The predicted octanol–water partition coefficient (Wildman–Crippen LogP) is 3.48. The summed E-state index contributed by atoms with van der Waals surface area (Å²) in [7, 11) is 1.68. The molecule has 2 rings (SSSR count). The lowest BCUT2D eigenvalue weighted by Crippen LogP contribution is -2.43. The van der Waals surface area contributed by atoms with Gasteiger partial charge in [0, 0.05) is 18.7 Å². The second-order valence-electron chi connectivity index (χ2n) is 7.82. The monoisotopic (exact) mass is 369 g/mol. The number of cyclic esters (lactones) is 1. The maximum absolute atomic E-state index is 12.4. The lowest BCUT2D eigenvalue weighted by Gasteiger charge is -2.31. The summed E-state index contributed by atoms with van der Waals surface area (Å²) in [5, 5.41) is 8.42. The van der Waals surface area contributed by atoms with Crippen molar-refractivity contribution >= 4 is 17.8 Å². The number of hydrogen-bond acceptors (Lipinski definition) is 7. The molecular weight excluding hydrogens is 338 g/mol. The van der Waals surface area contributed by atoms with E-state index < -0.39 is 24.5 Å². The third-order valence-electron chi connectivity index (χ3n) is 5.76. The van der Waals surface area contributed by atoms with E-state index in [1.54, 1.807) is 14.0 Å². The zero-order valence-electron chi connectivity index (χ0n) is 16.4. The highest BCUT2D eigenvalue weighted by Gasteiger charge is 2.46. The molecule has 1 N–H and O–H groups in total. The summed E-state index contributed by atoms with van der Waals surface area (Å²) in [5.41, 5.74) is 0.125. The van der Waals surface area contributed by atoms with E-state index in [0.717, 1.165) is 12.8 Å². The van der Waals surface area contributed by atoms with Crippen LogP contribution in [-0.2, 0) is 23.7 Å². The van der Waals surface area contributed by atoms with Crippen LogP contribution in [-0.4, -0.2) is 48.9 Å². The van der Waals surface area contributed by atoms with Crippen LogP contribution in [0.15, 0.2) is 0 Å². The van der Waals surface area contributed by atoms with Gasteiger partial charge in [-0.1, -0.05) is 13.8 Å². The summed E-state index contributed by atoms with van der Waals surface area (Å²) < 4.78 is 21.8. The summed E-state index contributed by atoms with van der Waals surface area (Å²) >= 11 is 0. The molecule has 2 heterocycles. The molecule has 7 heteroatoms. The van der Waals surface area contributed by atoms with Gasteiger partial charge in [-0.15, -0.1) is 0 Å². The number of rotatable bonds is 1. The molecule has 0 bridgehead atoms. The van der Waals surface area contributed by atoms with E-state index in [1.807, 2.05) is 20.8 Å². The van der Waals surface area contributed by atoms with Crippen molar-refractivity contribution in [3.8, 4) is 0 Å². The van der Waals surface area contributed by atoms with Gasteiger partial charge in [0.2, 0.25) is 0 Å². The third-order valence-corrected chi connectivity index (χ3v) is 5.76. The van der Waals surface area contributed by atoms with Crippen LogP contribution < -0.4 is 0 Å². The number of methoxy groups -OCH3 is 1. The zero-order valence-corrected chi connectivity index (χ0v) is 16.4. The molecule has 0 radical (unpaired) electrons.